The van der Waals surface area contributed by atoms with Gasteiger partial charge in [0.15, 0.2) is 0 Å². The second kappa shape index (κ2) is 4.07. The molecule has 1 unspecified atom stereocenters. The van der Waals surface area contributed by atoms with Crippen LogP contribution in [0.4, 0.5) is 0 Å². The van der Waals surface area contributed by atoms with Gasteiger partial charge in [0.25, 0.3) is 0 Å². The number of nitrogens with one attached hydrogen (secondary N) is 2. The molecule has 1 aliphatic rings. The van der Waals surface area contributed by atoms with Crippen LogP contribution in [0.3, 0.4) is 0 Å². The van der Waals surface area contributed by atoms with Crippen LogP contribution in [0.25, 0.3) is 0 Å². The summed E-state index contributed by atoms with van der Waals surface area (Å²) in [6.45, 7) is 6.70. The Morgan fingerprint density at radius 3 is 2.69 bits per heavy atom. The summed E-state index contributed by atoms with van der Waals surface area (Å²) in [4.78, 5) is 11.1. The van der Waals surface area contributed by atoms with Gasteiger partial charge in [0, 0.05) is 31.1 Å². The van der Waals surface area contributed by atoms with E-state index in [0.717, 1.165) is 26.1 Å². The van der Waals surface area contributed by atoms with Crippen LogP contribution in [0.15, 0.2) is 0 Å². The molecular weight excluding hydrogens is 166 g/mol. The lowest BCUT2D eigenvalue weighted by atomic mass is 9.84. The van der Waals surface area contributed by atoms with E-state index in [-0.39, 0.29) is 5.91 Å². The highest BCUT2D eigenvalue weighted by Gasteiger charge is 2.29. The first-order valence-corrected chi connectivity index (χ1v) is 4.76. The highest BCUT2D eigenvalue weighted by Crippen LogP contribution is 2.21. The molecule has 4 nitrogen and oxygen atoms in total. The Labute approximate surface area is 79.3 Å². The first-order chi connectivity index (χ1) is 6.02. The van der Waals surface area contributed by atoms with E-state index in [0.29, 0.717) is 6.04 Å². The molecule has 0 radical (unpaired) electrons. The van der Waals surface area contributed by atoms with Crippen molar-refractivity contribution >= 4 is 5.91 Å². The normalized spacial score (nSPS) is 24.3. The molecule has 1 fully saturated rings. The molecule has 13 heavy (non-hydrogen) atoms. The van der Waals surface area contributed by atoms with Crippen molar-refractivity contribution in [3.8, 4) is 0 Å². The summed E-state index contributed by atoms with van der Waals surface area (Å²) in [5, 5.41) is 6.64. The van der Waals surface area contributed by atoms with Gasteiger partial charge in [-0.3, -0.25) is 4.79 Å². The predicted octanol–water partition coefficient (Wildman–Crippen LogP) is -0.551. The average molecular weight is 185 g/mol. The molecule has 1 saturated heterocycles. The van der Waals surface area contributed by atoms with Crippen LogP contribution in [0, 0.1) is 5.41 Å². The zero-order chi connectivity index (χ0) is 9.90. The van der Waals surface area contributed by atoms with Gasteiger partial charge in [-0.15, -0.1) is 0 Å². The van der Waals surface area contributed by atoms with Crippen LogP contribution in [-0.2, 0) is 4.79 Å². The molecule has 4 heteroatoms. The fraction of sp³-hybridized carbons (Fsp3) is 0.889. The van der Waals surface area contributed by atoms with E-state index in [9.17, 15) is 4.79 Å². The van der Waals surface area contributed by atoms with Gasteiger partial charge in [-0.05, 0) is 6.42 Å². The molecule has 1 heterocycles. The summed E-state index contributed by atoms with van der Waals surface area (Å²) in [5.74, 6) is -0.222. The Hall–Kier alpha value is -0.610. The van der Waals surface area contributed by atoms with Crippen LogP contribution in [-0.4, -0.2) is 31.6 Å². The van der Waals surface area contributed by atoms with Gasteiger partial charge < -0.3 is 16.4 Å². The number of primary amides is 1. The molecule has 0 aromatic heterocycles. The van der Waals surface area contributed by atoms with Crippen molar-refractivity contribution in [2.45, 2.75) is 26.3 Å². The Morgan fingerprint density at radius 1 is 1.54 bits per heavy atom. The summed E-state index contributed by atoms with van der Waals surface area (Å²) in [7, 11) is 0. The van der Waals surface area contributed by atoms with Gasteiger partial charge >= 0.3 is 0 Å². The second-order valence-corrected chi connectivity index (χ2v) is 4.31. The first kappa shape index (κ1) is 10.5. The van der Waals surface area contributed by atoms with Crippen molar-refractivity contribution in [2.75, 3.05) is 19.6 Å². The average Bonchev–Trinajstić information content (AvgIpc) is 2.05. The molecule has 0 bridgehead atoms. The minimum absolute atomic E-state index is 0.222. The number of amides is 1. The quantitative estimate of drug-likeness (QED) is 0.552. The number of carbonyl (C=O) groups is 1. The molecule has 76 valence electrons. The van der Waals surface area contributed by atoms with Crippen molar-refractivity contribution in [3.63, 3.8) is 0 Å². The molecule has 4 N–H and O–H groups in total. The summed E-state index contributed by atoms with van der Waals surface area (Å²) in [5.41, 5.74) is 4.89. The minimum Gasteiger partial charge on any atom is -0.369 e. The number of carbonyl (C=O) groups excluding carboxylic acids is 1. The lowest BCUT2D eigenvalue weighted by Gasteiger charge is -2.30. The number of piperazine rings is 1. The highest BCUT2D eigenvalue weighted by atomic mass is 16.1. The molecule has 0 spiro atoms. The standard InChI is InChI=1S/C9H19N3O/c1-9(2,8(10)13)5-7-6-11-3-4-12-7/h7,11-12H,3-6H2,1-2H3,(H2,10,13). The van der Waals surface area contributed by atoms with E-state index < -0.39 is 5.41 Å². The van der Waals surface area contributed by atoms with Crippen LogP contribution in [0.2, 0.25) is 0 Å². The fourth-order valence-corrected chi connectivity index (χ4v) is 1.57. The van der Waals surface area contributed by atoms with Gasteiger partial charge in [0.2, 0.25) is 5.91 Å². The van der Waals surface area contributed by atoms with Gasteiger partial charge in [-0.1, -0.05) is 13.8 Å². The maximum absolute atomic E-state index is 11.1. The molecule has 1 rings (SSSR count). The zero-order valence-electron chi connectivity index (χ0n) is 8.39. The van der Waals surface area contributed by atoms with E-state index >= 15 is 0 Å². The van der Waals surface area contributed by atoms with Crippen molar-refractivity contribution in [3.05, 3.63) is 0 Å². The predicted molar refractivity (Wildman–Crippen MR) is 52.3 cm³/mol. The number of nitrogens with two attached hydrogens (primary N) is 1. The van der Waals surface area contributed by atoms with E-state index in [1.165, 1.54) is 0 Å². The van der Waals surface area contributed by atoms with E-state index in [1.807, 2.05) is 13.8 Å². The SMILES string of the molecule is CC(C)(CC1CNCCN1)C(N)=O. The van der Waals surface area contributed by atoms with E-state index in [2.05, 4.69) is 10.6 Å². The van der Waals surface area contributed by atoms with Crippen LogP contribution >= 0.6 is 0 Å². The summed E-state index contributed by atoms with van der Waals surface area (Å²) in [6, 6.07) is 0.372. The van der Waals surface area contributed by atoms with Crippen molar-refractivity contribution in [1.29, 1.82) is 0 Å². The summed E-state index contributed by atoms with van der Waals surface area (Å²) in [6.07, 6.45) is 0.801. The lowest BCUT2D eigenvalue weighted by Crippen LogP contribution is -2.51. The lowest BCUT2D eigenvalue weighted by molar-refractivity contribution is -0.126. The van der Waals surface area contributed by atoms with Crippen LogP contribution in [0.5, 0.6) is 0 Å². The van der Waals surface area contributed by atoms with E-state index in [1.54, 1.807) is 0 Å². The van der Waals surface area contributed by atoms with Gasteiger partial charge in [0.05, 0.1) is 0 Å². The highest BCUT2D eigenvalue weighted by molar-refractivity contribution is 5.79. The maximum Gasteiger partial charge on any atom is 0.223 e. The Balaban J connectivity index is 2.41. The third-order valence-electron chi connectivity index (χ3n) is 2.55. The number of hydrogen-bond acceptors (Lipinski definition) is 3. The van der Waals surface area contributed by atoms with Gasteiger partial charge in [0.1, 0.15) is 0 Å². The minimum atomic E-state index is -0.406. The Morgan fingerprint density at radius 2 is 2.23 bits per heavy atom. The smallest absolute Gasteiger partial charge is 0.223 e. The zero-order valence-corrected chi connectivity index (χ0v) is 8.39. The van der Waals surface area contributed by atoms with Gasteiger partial charge in [-0.25, -0.2) is 0 Å². The molecule has 0 aliphatic carbocycles. The molecule has 1 atom stereocenters. The van der Waals surface area contributed by atoms with E-state index in [4.69, 9.17) is 5.73 Å². The number of hydrogen-bond donors (Lipinski definition) is 3. The molecule has 0 saturated carbocycles. The van der Waals surface area contributed by atoms with Crippen molar-refractivity contribution in [1.82, 2.24) is 10.6 Å². The summed E-state index contributed by atoms with van der Waals surface area (Å²) < 4.78 is 0. The number of rotatable bonds is 3. The fourth-order valence-electron chi connectivity index (χ4n) is 1.57. The Kier molecular flexibility index (Phi) is 3.27. The van der Waals surface area contributed by atoms with Crippen molar-refractivity contribution < 1.29 is 4.79 Å². The molecule has 1 aliphatic heterocycles. The third-order valence-corrected chi connectivity index (χ3v) is 2.55. The summed E-state index contributed by atoms with van der Waals surface area (Å²) >= 11 is 0. The molecule has 0 aromatic rings. The monoisotopic (exact) mass is 185 g/mol. The third kappa shape index (κ3) is 2.97. The van der Waals surface area contributed by atoms with Crippen LogP contribution < -0.4 is 16.4 Å². The largest absolute Gasteiger partial charge is 0.369 e. The maximum atomic E-state index is 11.1. The Bertz CT molecular complexity index is 185. The second-order valence-electron chi connectivity index (χ2n) is 4.31. The molecule has 0 aromatic carbocycles. The topological polar surface area (TPSA) is 67.2 Å². The van der Waals surface area contributed by atoms with Gasteiger partial charge in [-0.2, -0.15) is 0 Å². The van der Waals surface area contributed by atoms with Crippen LogP contribution in [0.1, 0.15) is 20.3 Å². The van der Waals surface area contributed by atoms with Crippen molar-refractivity contribution in [2.24, 2.45) is 11.1 Å². The molecular formula is C9H19N3O. The first-order valence-electron chi connectivity index (χ1n) is 4.76. The molecule has 1 amide bonds.